The zero-order chi connectivity index (χ0) is 14.0. The molecule has 2 aromatic rings. The van der Waals surface area contributed by atoms with Crippen LogP contribution in [0.1, 0.15) is 15.9 Å². The summed E-state index contributed by atoms with van der Waals surface area (Å²) in [5.41, 5.74) is 2.23. The molecule has 0 saturated carbocycles. The zero-order valence-corrected chi connectivity index (χ0v) is 13.1. The van der Waals surface area contributed by atoms with Crippen LogP contribution < -0.4 is 5.32 Å². The summed E-state index contributed by atoms with van der Waals surface area (Å²) in [6, 6.07) is 10.4. The molecule has 2 aromatic carbocycles. The lowest BCUT2D eigenvalue weighted by atomic mass is 10.2. The van der Waals surface area contributed by atoms with E-state index in [1.54, 1.807) is 18.2 Å². The Labute approximate surface area is 129 Å². The fourth-order valence-corrected chi connectivity index (χ4v) is 2.72. The van der Waals surface area contributed by atoms with Crippen LogP contribution in [0.5, 0.6) is 0 Å². The molecule has 2 rings (SSSR count). The zero-order valence-electron chi connectivity index (χ0n) is 10.0. The smallest absolute Gasteiger partial charge is 0.255 e. The van der Waals surface area contributed by atoms with E-state index in [2.05, 4.69) is 21.2 Å². The molecule has 0 radical (unpaired) electrons. The third-order valence-electron chi connectivity index (χ3n) is 2.50. The van der Waals surface area contributed by atoms with Gasteiger partial charge in [0, 0.05) is 20.1 Å². The van der Waals surface area contributed by atoms with Crippen LogP contribution in [0.2, 0.25) is 10.0 Å². The first-order valence-corrected chi connectivity index (χ1v) is 7.04. The fourth-order valence-electron chi connectivity index (χ4n) is 1.60. The van der Waals surface area contributed by atoms with Gasteiger partial charge in [-0.25, -0.2) is 0 Å². The van der Waals surface area contributed by atoms with Crippen molar-refractivity contribution in [2.24, 2.45) is 0 Å². The maximum atomic E-state index is 12.1. The van der Waals surface area contributed by atoms with E-state index in [0.29, 0.717) is 21.3 Å². The number of amides is 1. The predicted molar refractivity (Wildman–Crippen MR) is 83.3 cm³/mol. The molecule has 0 aliphatic heterocycles. The van der Waals surface area contributed by atoms with E-state index in [0.717, 1.165) is 10.0 Å². The van der Waals surface area contributed by atoms with Crippen LogP contribution in [0.15, 0.2) is 40.9 Å². The maximum absolute atomic E-state index is 12.1. The van der Waals surface area contributed by atoms with Crippen molar-refractivity contribution in [2.75, 3.05) is 5.32 Å². The SMILES string of the molecule is Cc1ccc(NC(=O)c2cc(Cl)cc(Cl)c2)c(Br)c1. The van der Waals surface area contributed by atoms with Gasteiger partial charge in [0.05, 0.1) is 5.69 Å². The third kappa shape index (κ3) is 3.72. The number of hydrogen-bond acceptors (Lipinski definition) is 1. The van der Waals surface area contributed by atoms with Crippen molar-refractivity contribution >= 4 is 50.7 Å². The van der Waals surface area contributed by atoms with Crippen LogP contribution in [-0.2, 0) is 0 Å². The number of rotatable bonds is 2. The number of carbonyl (C=O) groups is 1. The summed E-state index contributed by atoms with van der Waals surface area (Å²) in [6.45, 7) is 1.98. The van der Waals surface area contributed by atoms with E-state index in [1.165, 1.54) is 0 Å². The number of carbonyl (C=O) groups excluding carboxylic acids is 1. The molecule has 0 aliphatic rings. The molecule has 0 aromatic heterocycles. The molecular weight excluding hydrogens is 349 g/mol. The second kappa shape index (κ2) is 5.95. The van der Waals surface area contributed by atoms with Gasteiger partial charge in [-0.2, -0.15) is 0 Å². The van der Waals surface area contributed by atoms with Gasteiger partial charge in [0.25, 0.3) is 5.91 Å². The highest BCUT2D eigenvalue weighted by atomic mass is 79.9. The van der Waals surface area contributed by atoms with Crippen LogP contribution >= 0.6 is 39.1 Å². The first-order chi connectivity index (χ1) is 8.95. The van der Waals surface area contributed by atoms with E-state index >= 15 is 0 Å². The van der Waals surface area contributed by atoms with Crippen molar-refractivity contribution in [3.63, 3.8) is 0 Å². The van der Waals surface area contributed by atoms with Gasteiger partial charge in [-0.05, 0) is 58.7 Å². The van der Waals surface area contributed by atoms with Gasteiger partial charge in [-0.3, -0.25) is 4.79 Å². The van der Waals surface area contributed by atoms with E-state index in [-0.39, 0.29) is 5.91 Å². The number of halogens is 3. The standard InChI is InChI=1S/C14H10BrCl2NO/c1-8-2-3-13(12(15)4-8)18-14(19)9-5-10(16)7-11(17)6-9/h2-7H,1H3,(H,18,19). The topological polar surface area (TPSA) is 29.1 Å². The molecule has 0 atom stereocenters. The summed E-state index contributed by atoms with van der Waals surface area (Å²) in [6.07, 6.45) is 0. The second-order valence-corrected chi connectivity index (χ2v) is 5.82. The van der Waals surface area contributed by atoms with Crippen LogP contribution in [0.4, 0.5) is 5.69 Å². The number of benzene rings is 2. The Morgan fingerprint density at radius 1 is 1.11 bits per heavy atom. The van der Waals surface area contributed by atoms with Crippen molar-refractivity contribution in [2.45, 2.75) is 6.92 Å². The molecule has 0 bridgehead atoms. The van der Waals surface area contributed by atoms with Gasteiger partial charge < -0.3 is 5.32 Å². The Hall–Kier alpha value is -1.03. The van der Waals surface area contributed by atoms with Gasteiger partial charge >= 0.3 is 0 Å². The van der Waals surface area contributed by atoms with Crippen molar-refractivity contribution < 1.29 is 4.79 Å². The maximum Gasteiger partial charge on any atom is 0.255 e. The van der Waals surface area contributed by atoms with Crippen molar-refractivity contribution in [3.8, 4) is 0 Å². The molecule has 0 aliphatic carbocycles. The summed E-state index contributed by atoms with van der Waals surface area (Å²) in [7, 11) is 0. The molecule has 0 spiro atoms. The summed E-state index contributed by atoms with van der Waals surface area (Å²) in [4.78, 5) is 12.1. The predicted octanol–water partition coefficient (Wildman–Crippen LogP) is 5.32. The molecule has 0 heterocycles. The van der Waals surface area contributed by atoms with Gasteiger partial charge in [0.2, 0.25) is 0 Å². The Morgan fingerprint density at radius 2 is 1.74 bits per heavy atom. The number of hydrogen-bond donors (Lipinski definition) is 1. The molecule has 2 nitrogen and oxygen atoms in total. The lowest BCUT2D eigenvalue weighted by Gasteiger charge is -2.08. The average Bonchev–Trinajstić information content (AvgIpc) is 2.31. The quantitative estimate of drug-likeness (QED) is 0.773. The third-order valence-corrected chi connectivity index (χ3v) is 3.59. The van der Waals surface area contributed by atoms with Crippen LogP contribution in [0.25, 0.3) is 0 Å². The van der Waals surface area contributed by atoms with Crippen molar-refractivity contribution in [1.82, 2.24) is 0 Å². The molecule has 0 saturated heterocycles. The monoisotopic (exact) mass is 357 g/mol. The van der Waals surface area contributed by atoms with Crippen LogP contribution in [-0.4, -0.2) is 5.91 Å². The lowest BCUT2D eigenvalue weighted by molar-refractivity contribution is 0.102. The Kier molecular flexibility index (Phi) is 4.50. The van der Waals surface area contributed by atoms with Gasteiger partial charge in [0.1, 0.15) is 0 Å². The van der Waals surface area contributed by atoms with E-state index < -0.39 is 0 Å². The summed E-state index contributed by atoms with van der Waals surface area (Å²) < 4.78 is 0.828. The first kappa shape index (κ1) is 14.4. The molecule has 98 valence electrons. The van der Waals surface area contributed by atoms with Crippen molar-refractivity contribution in [3.05, 3.63) is 62.0 Å². The van der Waals surface area contributed by atoms with E-state index in [9.17, 15) is 4.79 Å². The highest BCUT2D eigenvalue weighted by Gasteiger charge is 2.10. The Balaban J connectivity index is 2.25. The first-order valence-electron chi connectivity index (χ1n) is 5.49. The molecule has 0 fully saturated rings. The minimum Gasteiger partial charge on any atom is -0.321 e. The van der Waals surface area contributed by atoms with Gasteiger partial charge in [0.15, 0.2) is 0 Å². The lowest BCUT2D eigenvalue weighted by Crippen LogP contribution is -2.12. The number of anilines is 1. The summed E-state index contributed by atoms with van der Waals surface area (Å²) in [5.74, 6) is -0.256. The summed E-state index contributed by atoms with van der Waals surface area (Å²) >= 11 is 15.2. The molecular formula is C14H10BrCl2NO. The fraction of sp³-hybridized carbons (Fsp3) is 0.0714. The average molecular weight is 359 g/mol. The van der Waals surface area contributed by atoms with E-state index in [1.807, 2.05) is 25.1 Å². The van der Waals surface area contributed by atoms with Crippen LogP contribution in [0, 0.1) is 6.92 Å². The van der Waals surface area contributed by atoms with Crippen LogP contribution in [0.3, 0.4) is 0 Å². The molecule has 1 amide bonds. The van der Waals surface area contributed by atoms with E-state index in [4.69, 9.17) is 23.2 Å². The van der Waals surface area contributed by atoms with Gasteiger partial charge in [-0.15, -0.1) is 0 Å². The second-order valence-electron chi connectivity index (χ2n) is 4.10. The Morgan fingerprint density at radius 3 is 2.32 bits per heavy atom. The molecule has 1 N–H and O–H groups in total. The normalized spacial score (nSPS) is 10.3. The largest absolute Gasteiger partial charge is 0.321 e. The molecule has 19 heavy (non-hydrogen) atoms. The molecule has 0 unspecified atom stereocenters. The highest BCUT2D eigenvalue weighted by molar-refractivity contribution is 9.10. The number of aryl methyl sites for hydroxylation is 1. The van der Waals surface area contributed by atoms with Crippen molar-refractivity contribution in [1.29, 1.82) is 0 Å². The van der Waals surface area contributed by atoms with Gasteiger partial charge in [-0.1, -0.05) is 29.3 Å². The minimum absolute atomic E-state index is 0.256. The Bertz CT molecular complexity index is 623. The highest BCUT2D eigenvalue weighted by Crippen LogP contribution is 2.25. The summed E-state index contributed by atoms with van der Waals surface area (Å²) in [5, 5.41) is 3.67. The number of nitrogens with one attached hydrogen (secondary N) is 1. The molecule has 5 heteroatoms. The minimum atomic E-state index is -0.256.